The van der Waals surface area contributed by atoms with Gasteiger partial charge < -0.3 is 9.47 Å². The van der Waals surface area contributed by atoms with Crippen molar-refractivity contribution in [3.8, 4) is 11.5 Å². The summed E-state index contributed by atoms with van der Waals surface area (Å²) in [6, 6.07) is 3.99. The second kappa shape index (κ2) is 15.7. The lowest BCUT2D eigenvalue weighted by molar-refractivity contribution is -0.134. The lowest BCUT2D eigenvalue weighted by Gasteiger charge is -2.37. The van der Waals surface area contributed by atoms with Gasteiger partial charge in [0.15, 0.2) is 0 Å². The van der Waals surface area contributed by atoms with Crippen LogP contribution < -0.4 is 9.47 Å². The van der Waals surface area contributed by atoms with Crippen molar-refractivity contribution >= 4 is 5.97 Å². The molecule has 206 valence electrons. The molecule has 3 unspecified atom stereocenters. The number of esters is 1. The second-order valence-electron chi connectivity index (χ2n) is 12.6. The molecule has 36 heavy (non-hydrogen) atoms. The molecule has 3 nitrogen and oxygen atoms in total. The molecule has 1 aromatic carbocycles. The van der Waals surface area contributed by atoms with Crippen LogP contribution in [0.3, 0.4) is 0 Å². The standard InChI is InChI=1S/C33H56O3/c1-8-9-10-19-31(34)35-30-23-28(6)32-29(24-30)20-22-33(7,36-32)21-13-18-27(5)17-12-16-26(4)15-11-14-25(2)3/h23-27H,8-22H2,1-7H3. The molecule has 0 aliphatic carbocycles. The van der Waals surface area contributed by atoms with Gasteiger partial charge in [0.1, 0.15) is 17.1 Å². The number of ether oxygens (including phenoxy) is 2. The summed E-state index contributed by atoms with van der Waals surface area (Å²) in [5.74, 6) is 4.06. The van der Waals surface area contributed by atoms with Crippen molar-refractivity contribution in [3.05, 3.63) is 23.3 Å². The Kier molecular flexibility index (Phi) is 13.4. The predicted molar refractivity (Wildman–Crippen MR) is 153 cm³/mol. The van der Waals surface area contributed by atoms with Crippen molar-refractivity contribution < 1.29 is 14.3 Å². The molecule has 0 amide bonds. The van der Waals surface area contributed by atoms with E-state index in [9.17, 15) is 4.79 Å². The first-order valence-electron chi connectivity index (χ1n) is 15.1. The Morgan fingerprint density at radius 1 is 0.944 bits per heavy atom. The van der Waals surface area contributed by atoms with Gasteiger partial charge in [-0.05, 0) is 87.0 Å². The SMILES string of the molecule is CCCCCC(=O)Oc1cc(C)c2c(c1)CCC(C)(CCCC(C)CCCC(C)CCCC(C)C)O2. The Bertz CT molecular complexity index is 783. The minimum absolute atomic E-state index is 0.0965. The minimum Gasteiger partial charge on any atom is -0.487 e. The van der Waals surface area contributed by atoms with E-state index in [0.29, 0.717) is 12.2 Å². The molecule has 0 saturated carbocycles. The number of unbranched alkanes of at least 4 members (excludes halogenated alkanes) is 2. The molecule has 1 aliphatic rings. The Labute approximate surface area is 223 Å². The van der Waals surface area contributed by atoms with E-state index in [1.54, 1.807) is 0 Å². The van der Waals surface area contributed by atoms with Crippen LogP contribution in [0.15, 0.2) is 12.1 Å². The summed E-state index contributed by atoms with van der Waals surface area (Å²) in [5.41, 5.74) is 2.16. The highest BCUT2D eigenvalue weighted by atomic mass is 16.5. The van der Waals surface area contributed by atoms with Crippen molar-refractivity contribution in [3.63, 3.8) is 0 Å². The zero-order valence-electron chi connectivity index (χ0n) is 24.7. The number of hydrogen-bond donors (Lipinski definition) is 0. The van der Waals surface area contributed by atoms with Crippen LogP contribution in [0.2, 0.25) is 0 Å². The lowest BCUT2D eigenvalue weighted by Crippen LogP contribution is -2.36. The maximum absolute atomic E-state index is 12.2. The summed E-state index contributed by atoms with van der Waals surface area (Å²) in [4.78, 5) is 12.2. The van der Waals surface area contributed by atoms with E-state index in [-0.39, 0.29) is 11.6 Å². The third kappa shape index (κ3) is 11.3. The molecule has 3 heteroatoms. The van der Waals surface area contributed by atoms with Gasteiger partial charge in [-0.15, -0.1) is 0 Å². The van der Waals surface area contributed by atoms with Crippen LogP contribution in [0.4, 0.5) is 0 Å². The van der Waals surface area contributed by atoms with Crippen LogP contribution in [0.5, 0.6) is 11.5 Å². The molecule has 0 spiro atoms. The first-order chi connectivity index (χ1) is 17.1. The Hall–Kier alpha value is -1.51. The maximum atomic E-state index is 12.2. The number of benzene rings is 1. The molecular weight excluding hydrogens is 444 g/mol. The zero-order chi connectivity index (χ0) is 26.6. The molecule has 2 rings (SSSR count). The third-order valence-electron chi connectivity index (χ3n) is 8.09. The Morgan fingerprint density at radius 3 is 2.22 bits per heavy atom. The van der Waals surface area contributed by atoms with Gasteiger partial charge >= 0.3 is 5.97 Å². The minimum atomic E-state index is -0.126. The second-order valence-corrected chi connectivity index (χ2v) is 12.6. The van der Waals surface area contributed by atoms with E-state index < -0.39 is 0 Å². The Balaban J connectivity index is 1.73. The van der Waals surface area contributed by atoms with Gasteiger partial charge in [0.05, 0.1) is 0 Å². The van der Waals surface area contributed by atoms with Gasteiger partial charge in [0, 0.05) is 6.42 Å². The van der Waals surface area contributed by atoms with Crippen LogP contribution >= 0.6 is 0 Å². The van der Waals surface area contributed by atoms with Gasteiger partial charge in [-0.1, -0.05) is 92.4 Å². The monoisotopic (exact) mass is 500 g/mol. The van der Waals surface area contributed by atoms with E-state index >= 15 is 0 Å². The average molecular weight is 501 g/mol. The highest BCUT2D eigenvalue weighted by Gasteiger charge is 2.32. The van der Waals surface area contributed by atoms with Crippen LogP contribution in [0, 0.1) is 24.7 Å². The first kappa shape index (κ1) is 30.7. The van der Waals surface area contributed by atoms with E-state index in [1.165, 1.54) is 56.9 Å². The number of hydrogen-bond acceptors (Lipinski definition) is 3. The van der Waals surface area contributed by atoms with Gasteiger partial charge in [-0.2, -0.15) is 0 Å². The average Bonchev–Trinajstić information content (AvgIpc) is 2.79. The zero-order valence-corrected chi connectivity index (χ0v) is 24.7. The summed E-state index contributed by atoms with van der Waals surface area (Å²) >= 11 is 0. The van der Waals surface area contributed by atoms with E-state index in [1.807, 2.05) is 12.1 Å². The van der Waals surface area contributed by atoms with Crippen LogP contribution in [0.1, 0.15) is 143 Å². The van der Waals surface area contributed by atoms with Crippen molar-refractivity contribution in [2.75, 3.05) is 0 Å². The van der Waals surface area contributed by atoms with Crippen LogP contribution in [-0.2, 0) is 11.2 Å². The normalized spacial score (nSPS) is 19.0. The predicted octanol–water partition coefficient (Wildman–Crippen LogP) is 10.0. The Morgan fingerprint density at radius 2 is 1.58 bits per heavy atom. The van der Waals surface area contributed by atoms with Crippen molar-refractivity contribution in [2.24, 2.45) is 17.8 Å². The highest BCUT2D eigenvalue weighted by Crippen LogP contribution is 2.40. The fourth-order valence-electron chi connectivity index (χ4n) is 5.58. The smallest absolute Gasteiger partial charge is 0.311 e. The highest BCUT2D eigenvalue weighted by molar-refractivity contribution is 5.72. The molecule has 3 atom stereocenters. The summed E-state index contributed by atoms with van der Waals surface area (Å²) in [6.07, 6.45) is 17.5. The molecular formula is C33H56O3. The molecule has 0 bridgehead atoms. The number of carbonyl (C=O) groups is 1. The van der Waals surface area contributed by atoms with Crippen LogP contribution in [0.25, 0.3) is 0 Å². The topological polar surface area (TPSA) is 35.5 Å². The van der Waals surface area contributed by atoms with Gasteiger partial charge in [0.2, 0.25) is 0 Å². The molecule has 0 saturated heterocycles. The summed E-state index contributed by atoms with van der Waals surface area (Å²) in [5, 5.41) is 0. The van der Waals surface area contributed by atoms with E-state index in [2.05, 4.69) is 48.5 Å². The van der Waals surface area contributed by atoms with Gasteiger partial charge in [-0.3, -0.25) is 4.79 Å². The molecule has 1 aromatic rings. The number of rotatable bonds is 17. The van der Waals surface area contributed by atoms with E-state index in [0.717, 1.165) is 67.6 Å². The molecule has 0 radical (unpaired) electrons. The quantitative estimate of drug-likeness (QED) is 0.121. The number of fused-ring (bicyclic) bond motifs is 1. The van der Waals surface area contributed by atoms with E-state index in [4.69, 9.17) is 9.47 Å². The fourth-order valence-corrected chi connectivity index (χ4v) is 5.58. The third-order valence-corrected chi connectivity index (χ3v) is 8.09. The van der Waals surface area contributed by atoms with Gasteiger partial charge in [0.25, 0.3) is 0 Å². The maximum Gasteiger partial charge on any atom is 0.311 e. The molecule has 1 aliphatic heterocycles. The lowest BCUT2D eigenvalue weighted by atomic mass is 9.85. The summed E-state index contributed by atoms with van der Waals surface area (Å²) in [6.45, 7) is 16.0. The summed E-state index contributed by atoms with van der Waals surface area (Å²) < 4.78 is 12.2. The largest absolute Gasteiger partial charge is 0.487 e. The number of carbonyl (C=O) groups excluding carboxylic acids is 1. The molecule has 0 fully saturated rings. The van der Waals surface area contributed by atoms with Crippen molar-refractivity contribution in [2.45, 2.75) is 150 Å². The first-order valence-corrected chi connectivity index (χ1v) is 15.1. The van der Waals surface area contributed by atoms with Crippen LogP contribution in [-0.4, -0.2) is 11.6 Å². The number of aryl methyl sites for hydroxylation is 2. The van der Waals surface area contributed by atoms with Crippen molar-refractivity contribution in [1.29, 1.82) is 0 Å². The van der Waals surface area contributed by atoms with Gasteiger partial charge in [-0.25, -0.2) is 0 Å². The fraction of sp³-hybridized carbons (Fsp3) is 0.788. The molecule has 0 aromatic heterocycles. The molecule has 1 heterocycles. The van der Waals surface area contributed by atoms with Crippen molar-refractivity contribution in [1.82, 2.24) is 0 Å². The molecule has 0 N–H and O–H groups in total. The summed E-state index contributed by atoms with van der Waals surface area (Å²) in [7, 11) is 0.